The number of nitrogens with zero attached hydrogens (tertiary/aromatic N) is 5. The van der Waals surface area contributed by atoms with E-state index < -0.39 is 16.1 Å². The van der Waals surface area contributed by atoms with Gasteiger partial charge in [0.2, 0.25) is 21.8 Å². The standard InChI is InChI=1S/C16H19N5O5S/c1-10-17-18-15(26-10)14-9-25-7-6-21(14)27(23,24)11-4-5-12-13(8-11)20(3)16(22)19(12)2/h4-5,8,14H,6-7,9H2,1-3H3. The molecule has 3 heterocycles. The van der Waals surface area contributed by atoms with Crippen molar-refractivity contribution in [2.75, 3.05) is 19.8 Å². The topological polar surface area (TPSA) is 112 Å². The van der Waals surface area contributed by atoms with Crippen LogP contribution in [0.4, 0.5) is 0 Å². The average molecular weight is 393 g/mol. The van der Waals surface area contributed by atoms with Crippen molar-refractivity contribution in [3.63, 3.8) is 0 Å². The van der Waals surface area contributed by atoms with Crippen molar-refractivity contribution >= 4 is 21.1 Å². The van der Waals surface area contributed by atoms with Gasteiger partial charge in [0.15, 0.2) is 0 Å². The van der Waals surface area contributed by atoms with Crippen molar-refractivity contribution in [3.8, 4) is 0 Å². The summed E-state index contributed by atoms with van der Waals surface area (Å²) >= 11 is 0. The molecule has 144 valence electrons. The molecule has 0 amide bonds. The number of fused-ring (bicyclic) bond motifs is 1. The van der Waals surface area contributed by atoms with Crippen molar-refractivity contribution in [2.24, 2.45) is 14.1 Å². The molecule has 1 atom stereocenters. The van der Waals surface area contributed by atoms with Crippen LogP contribution in [-0.2, 0) is 28.9 Å². The molecule has 2 aromatic heterocycles. The maximum Gasteiger partial charge on any atom is 0.328 e. The van der Waals surface area contributed by atoms with Crippen LogP contribution in [0.2, 0.25) is 0 Å². The Balaban J connectivity index is 1.80. The molecule has 1 aliphatic heterocycles. The maximum absolute atomic E-state index is 13.3. The van der Waals surface area contributed by atoms with Crippen LogP contribution < -0.4 is 5.69 Å². The van der Waals surface area contributed by atoms with Crippen LogP contribution in [-0.4, -0.2) is 51.8 Å². The molecule has 11 heteroatoms. The Morgan fingerprint density at radius 3 is 2.59 bits per heavy atom. The Hall–Kier alpha value is -2.50. The van der Waals surface area contributed by atoms with Crippen LogP contribution in [0.1, 0.15) is 17.8 Å². The molecule has 10 nitrogen and oxygen atoms in total. The predicted molar refractivity (Wildman–Crippen MR) is 94.6 cm³/mol. The molecule has 0 spiro atoms. The summed E-state index contributed by atoms with van der Waals surface area (Å²) in [4.78, 5) is 12.2. The quantitative estimate of drug-likeness (QED) is 0.630. The molecule has 1 saturated heterocycles. The lowest BCUT2D eigenvalue weighted by Gasteiger charge is -2.32. The van der Waals surface area contributed by atoms with Gasteiger partial charge in [-0.15, -0.1) is 10.2 Å². The largest absolute Gasteiger partial charge is 0.424 e. The fraction of sp³-hybridized carbons (Fsp3) is 0.438. The SMILES string of the molecule is Cc1nnc(C2COCCN2S(=O)(=O)c2ccc3c(c2)n(C)c(=O)n3C)o1. The van der Waals surface area contributed by atoms with E-state index in [0.717, 1.165) is 0 Å². The molecule has 3 aromatic rings. The summed E-state index contributed by atoms with van der Waals surface area (Å²) in [6.45, 7) is 2.21. The third-order valence-corrected chi connectivity index (χ3v) is 6.66. The first-order valence-corrected chi connectivity index (χ1v) is 9.80. The molecule has 27 heavy (non-hydrogen) atoms. The fourth-order valence-corrected chi connectivity index (χ4v) is 4.87. The first kappa shape index (κ1) is 17.9. The Kier molecular flexibility index (Phi) is 4.17. The smallest absolute Gasteiger partial charge is 0.328 e. The lowest BCUT2D eigenvalue weighted by atomic mass is 10.3. The summed E-state index contributed by atoms with van der Waals surface area (Å²) in [7, 11) is -0.602. The van der Waals surface area contributed by atoms with Gasteiger partial charge in [-0.1, -0.05) is 0 Å². The van der Waals surface area contributed by atoms with E-state index in [1.54, 1.807) is 27.1 Å². The van der Waals surface area contributed by atoms with Gasteiger partial charge in [-0.05, 0) is 18.2 Å². The lowest BCUT2D eigenvalue weighted by Crippen LogP contribution is -2.43. The van der Waals surface area contributed by atoms with Crippen molar-refractivity contribution in [1.29, 1.82) is 0 Å². The zero-order valence-corrected chi connectivity index (χ0v) is 15.9. The first-order valence-electron chi connectivity index (χ1n) is 8.36. The summed E-state index contributed by atoms with van der Waals surface area (Å²) in [5.74, 6) is 0.553. The van der Waals surface area contributed by atoms with E-state index >= 15 is 0 Å². The number of hydrogen-bond acceptors (Lipinski definition) is 7. The van der Waals surface area contributed by atoms with Gasteiger partial charge in [-0.3, -0.25) is 9.13 Å². The number of hydrogen-bond donors (Lipinski definition) is 0. The van der Waals surface area contributed by atoms with Gasteiger partial charge in [0.05, 0.1) is 29.1 Å². The Bertz CT molecular complexity index is 1180. The van der Waals surface area contributed by atoms with E-state index in [-0.39, 0.29) is 36.2 Å². The molecule has 0 aliphatic carbocycles. The van der Waals surface area contributed by atoms with E-state index in [0.29, 0.717) is 16.9 Å². The third-order valence-electron chi connectivity index (χ3n) is 4.76. The van der Waals surface area contributed by atoms with E-state index in [9.17, 15) is 13.2 Å². The van der Waals surface area contributed by atoms with Crippen molar-refractivity contribution in [3.05, 3.63) is 40.5 Å². The van der Waals surface area contributed by atoms with Crippen LogP contribution in [0.5, 0.6) is 0 Å². The molecule has 0 bridgehead atoms. The number of aryl methyl sites for hydroxylation is 3. The van der Waals surface area contributed by atoms with Gasteiger partial charge in [-0.2, -0.15) is 4.31 Å². The molecule has 1 aromatic carbocycles. The average Bonchev–Trinajstić information content (AvgIpc) is 3.19. The van der Waals surface area contributed by atoms with Gasteiger partial charge in [0.25, 0.3) is 0 Å². The van der Waals surface area contributed by atoms with Gasteiger partial charge in [0.1, 0.15) is 6.04 Å². The van der Waals surface area contributed by atoms with Gasteiger partial charge >= 0.3 is 5.69 Å². The summed E-state index contributed by atoms with van der Waals surface area (Å²) in [6, 6.07) is 3.95. The zero-order valence-electron chi connectivity index (χ0n) is 15.1. The van der Waals surface area contributed by atoms with Crippen LogP contribution >= 0.6 is 0 Å². The molecular formula is C16H19N5O5S. The van der Waals surface area contributed by atoms with E-state index in [4.69, 9.17) is 9.15 Å². The van der Waals surface area contributed by atoms with E-state index in [1.165, 1.54) is 25.6 Å². The van der Waals surface area contributed by atoms with Gasteiger partial charge in [-0.25, -0.2) is 13.2 Å². The minimum absolute atomic E-state index is 0.0966. The van der Waals surface area contributed by atoms with Crippen LogP contribution in [0.15, 0.2) is 32.3 Å². The summed E-state index contributed by atoms with van der Waals surface area (Å²) < 4.78 is 41.7. The summed E-state index contributed by atoms with van der Waals surface area (Å²) in [5.41, 5.74) is 0.986. The molecule has 1 aliphatic rings. The minimum Gasteiger partial charge on any atom is -0.424 e. The molecule has 1 fully saturated rings. The monoisotopic (exact) mass is 393 g/mol. The molecule has 0 N–H and O–H groups in total. The van der Waals surface area contributed by atoms with Crippen LogP contribution in [0, 0.1) is 6.92 Å². The van der Waals surface area contributed by atoms with Gasteiger partial charge < -0.3 is 9.15 Å². The number of sulfonamides is 1. The highest BCUT2D eigenvalue weighted by Gasteiger charge is 2.38. The third kappa shape index (κ3) is 2.78. The molecule has 1 unspecified atom stereocenters. The van der Waals surface area contributed by atoms with Gasteiger partial charge in [0, 0.05) is 27.6 Å². The number of ether oxygens (including phenoxy) is 1. The summed E-state index contributed by atoms with van der Waals surface area (Å²) in [5, 5.41) is 7.74. The maximum atomic E-state index is 13.3. The highest BCUT2D eigenvalue weighted by atomic mass is 32.2. The number of morpholine rings is 1. The van der Waals surface area contributed by atoms with E-state index in [1.807, 2.05) is 0 Å². The second-order valence-electron chi connectivity index (χ2n) is 6.42. The molecular weight excluding hydrogens is 374 g/mol. The second kappa shape index (κ2) is 6.29. The Morgan fingerprint density at radius 2 is 1.89 bits per heavy atom. The van der Waals surface area contributed by atoms with Crippen LogP contribution in [0.3, 0.4) is 0 Å². The second-order valence-corrected chi connectivity index (χ2v) is 8.31. The fourth-order valence-electron chi connectivity index (χ4n) is 3.30. The number of imidazole rings is 1. The molecule has 0 saturated carbocycles. The Labute approximate surface area is 155 Å². The molecule has 4 rings (SSSR count). The van der Waals surface area contributed by atoms with Crippen molar-refractivity contribution in [2.45, 2.75) is 17.9 Å². The van der Waals surface area contributed by atoms with Crippen molar-refractivity contribution in [1.82, 2.24) is 23.6 Å². The predicted octanol–water partition coefficient (Wildman–Crippen LogP) is 0.331. The number of aromatic nitrogens is 4. The normalized spacial score (nSPS) is 19.0. The van der Waals surface area contributed by atoms with Crippen molar-refractivity contribution < 1.29 is 17.6 Å². The molecule has 0 radical (unpaired) electrons. The highest BCUT2D eigenvalue weighted by molar-refractivity contribution is 7.89. The Morgan fingerprint density at radius 1 is 1.15 bits per heavy atom. The first-order chi connectivity index (χ1) is 12.8. The number of rotatable bonds is 3. The zero-order chi connectivity index (χ0) is 19.3. The summed E-state index contributed by atoms with van der Waals surface area (Å²) in [6.07, 6.45) is 0. The van der Waals surface area contributed by atoms with E-state index in [2.05, 4.69) is 10.2 Å². The van der Waals surface area contributed by atoms with Crippen LogP contribution in [0.25, 0.3) is 11.0 Å². The minimum atomic E-state index is -3.86. The lowest BCUT2D eigenvalue weighted by molar-refractivity contribution is 0.0221. The highest BCUT2D eigenvalue weighted by Crippen LogP contribution is 2.30. The number of benzene rings is 1.